The summed E-state index contributed by atoms with van der Waals surface area (Å²) in [6, 6.07) is 12.2. The number of halogens is 2. The van der Waals surface area contributed by atoms with Crippen LogP contribution >= 0.6 is 23.2 Å². The first-order valence-corrected chi connectivity index (χ1v) is 7.13. The molecule has 0 unspecified atom stereocenters. The van der Waals surface area contributed by atoms with Crippen LogP contribution in [0, 0.1) is 0 Å². The van der Waals surface area contributed by atoms with Crippen LogP contribution in [0.1, 0.15) is 5.56 Å². The Balaban J connectivity index is 2.03. The van der Waals surface area contributed by atoms with Crippen LogP contribution in [0.4, 0.5) is 11.6 Å². The Morgan fingerprint density at radius 2 is 1.95 bits per heavy atom. The van der Waals surface area contributed by atoms with Gasteiger partial charge in [-0.2, -0.15) is 5.21 Å². The smallest absolute Gasteiger partial charge is 0.270 e. The Kier molecular flexibility index (Phi) is 4.13. The van der Waals surface area contributed by atoms with E-state index < -0.39 is 0 Å². The van der Waals surface area contributed by atoms with Crippen LogP contribution in [-0.4, -0.2) is 25.7 Å². The molecule has 0 aliphatic carbocycles. The third-order valence-corrected chi connectivity index (χ3v) is 3.86. The number of benzene rings is 2. The molecule has 0 spiro atoms. The van der Waals surface area contributed by atoms with Crippen molar-refractivity contribution in [2.45, 2.75) is 6.54 Å². The summed E-state index contributed by atoms with van der Waals surface area (Å²) in [4.78, 5) is 1.76. The molecule has 0 aliphatic rings. The summed E-state index contributed by atoms with van der Waals surface area (Å²) >= 11 is 12.4. The first-order valence-electron chi connectivity index (χ1n) is 6.38. The van der Waals surface area contributed by atoms with Crippen molar-refractivity contribution in [3.05, 3.63) is 58.1 Å². The van der Waals surface area contributed by atoms with E-state index in [2.05, 4.69) is 20.6 Å². The summed E-state index contributed by atoms with van der Waals surface area (Å²) in [5.74, 6) is 0.537. The van der Waals surface area contributed by atoms with E-state index in [0.29, 0.717) is 28.2 Å². The topological polar surface area (TPSA) is 77.9 Å². The number of hydrogen-bond donors (Lipinski definition) is 2. The van der Waals surface area contributed by atoms with Gasteiger partial charge in [-0.25, -0.2) is 0 Å². The van der Waals surface area contributed by atoms with Gasteiger partial charge < -0.3 is 10.0 Å². The number of phenolic OH excluding ortho intramolecular Hbond substituents is 1. The van der Waals surface area contributed by atoms with Crippen LogP contribution in [0.25, 0.3) is 0 Å². The molecular formula is C14H11Cl2N5O. The van der Waals surface area contributed by atoms with Crippen molar-refractivity contribution in [3.8, 4) is 5.75 Å². The highest BCUT2D eigenvalue weighted by atomic mass is 35.5. The third kappa shape index (κ3) is 2.98. The largest absolute Gasteiger partial charge is 0.508 e. The van der Waals surface area contributed by atoms with Gasteiger partial charge in [-0.3, -0.25) is 0 Å². The molecular weight excluding hydrogens is 325 g/mol. The van der Waals surface area contributed by atoms with Gasteiger partial charge in [0, 0.05) is 0 Å². The Morgan fingerprint density at radius 3 is 2.68 bits per heavy atom. The Morgan fingerprint density at radius 1 is 1.14 bits per heavy atom. The summed E-state index contributed by atoms with van der Waals surface area (Å²) in [5, 5.41) is 24.4. The van der Waals surface area contributed by atoms with E-state index in [1.54, 1.807) is 35.2 Å². The maximum Gasteiger partial charge on any atom is 0.270 e. The number of phenols is 1. The molecule has 0 aliphatic heterocycles. The highest BCUT2D eigenvalue weighted by Gasteiger charge is 2.18. The van der Waals surface area contributed by atoms with E-state index in [9.17, 15) is 5.11 Å². The SMILES string of the molecule is Oc1cccc(CN(c2nn[nH]n2)c2cccc(Cl)c2Cl)c1. The summed E-state index contributed by atoms with van der Waals surface area (Å²) in [6.45, 7) is 0.397. The fraction of sp³-hybridized carbons (Fsp3) is 0.0714. The number of nitrogens with zero attached hydrogens (tertiary/aromatic N) is 4. The molecule has 0 amide bonds. The van der Waals surface area contributed by atoms with Crippen LogP contribution in [0.3, 0.4) is 0 Å². The zero-order valence-electron chi connectivity index (χ0n) is 11.2. The second kappa shape index (κ2) is 6.21. The highest BCUT2D eigenvalue weighted by Crippen LogP contribution is 2.36. The standard InChI is InChI=1S/C14H11Cl2N5O/c15-11-5-2-6-12(13(11)16)21(14-17-19-20-18-14)8-9-3-1-4-10(22)7-9/h1-7,22H,8H2,(H,17,18,19,20). The molecule has 0 fully saturated rings. The van der Waals surface area contributed by atoms with Gasteiger partial charge in [0.25, 0.3) is 5.95 Å². The second-order valence-corrected chi connectivity index (χ2v) is 5.33. The predicted octanol–water partition coefficient (Wildman–Crippen LogP) is 3.55. The van der Waals surface area contributed by atoms with Crippen molar-refractivity contribution >= 4 is 34.8 Å². The molecule has 0 radical (unpaired) electrons. The maximum absolute atomic E-state index is 9.61. The molecule has 1 heterocycles. The van der Waals surface area contributed by atoms with E-state index in [0.717, 1.165) is 5.56 Å². The summed E-state index contributed by atoms with van der Waals surface area (Å²) in [6.07, 6.45) is 0. The molecule has 8 heteroatoms. The van der Waals surface area contributed by atoms with Crippen molar-refractivity contribution in [1.82, 2.24) is 20.6 Å². The number of anilines is 2. The molecule has 1 aromatic heterocycles. The zero-order valence-corrected chi connectivity index (χ0v) is 12.8. The maximum atomic E-state index is 9.61. The van der Waals surface area contributed by atoms with Gasteiger partial charge in [0.15, 0.2) is 0 Å². The number of nitrogens with one attached hydrogen (secondary N) is 1. The first-order chi connectivity index (χ1) is 10.6. The van der Waals surface area contributed by atoms with Crippen molar-refractivity contribution in [2.24, 2.45) is 0 Å². The normalized spacial score (nSPS) is 10.6. The van der Waals surface area contributed by atoms with Gasteiger partial charge in [-0.05, 0) is 35.0 Å². The lowest BCUT2D eigenvalue weighted by atomic mass is 10.2. The molecule has 0 saturated carbocycles. The van der Waals surface area contributed by atoms with Crippen LogP contribution in [0.5, 0.6) is 5.75 Å². The van der Waals surface area contributed by atoms with Crippen molar-refractivity contribution in [2.75, 3.05) is 4.90 Å². The number of aromatic hydroxyl groups is 1. The molecule has 112 valence electrons. The monoisotopic (exact) mass is 335 g/mol. The zero-order chi connectivity index (χ0) is 15.5. The lowest BCUT2D eigenvalue weighted by Gasteiger charge is -2.22. The fourth-order valence-electron chi connectivity index (χ4n) is 2.07. The Bertz CT molecular complexity index is 779. The minimum Gasteiger partial charge on any atom is -0.508 e. The van der Waals surface area contributed by atoms with Crippen LogP contribution in [-0.2, 0) is 6.54 Å². The lowest BCUT2D eigenvalue weighted by molar-refractivity contribution is 0.474. The van der Waals surface area contributed by atoms with Gasteiger partial charge in [0.2, 0.25) is 0 Å². The number of tetrazole rings is 1. The van der Waals surface area contributed by atoms with Crippen LogP contribution in [0.2, 0.25) is 10.0 Å². The summed E-state index contributed by atoms with van der Waals surface area (Å²) < 4.78 is 0. The number of H-pyrrole nitrogens is 1. The summed E-state index contributed by atoms with van der Waals surface area (Å²) in [5.41, 5.74) is 1.51. The minimum atomic E-state index is 0.183. The average molecular weight is 336 g/mol. The highest BCUT2D eigenvalue weighted by molar-refractivity contribution is 6.43. The van der Waals surface area contributed by atoms with Gasteiger partial charge >= 0.3 is 0 Å². The van der Waals surface area contributed by atoms with E-state index in [-0.39, 0.29) is 5.75 Å². The van der Waals surface area contributed by atoms with E-state index in [1.165, 1.54) is 0 Å². The average Bonchev–Trinajstić information content (AvgIpc) is 3.02. The molecule has 3 rings (SSSR count). The molecule has 2 N–H and O–H groups in total. The number of rotatable bonds is 4. The van der Waals surface area contributed by atoms with Gasteiger partial charge in [-0.1, -0.05) is 46.5 Å². The number of hydrogen-bond acceptors (Lipinski definition) is 5. The Hall–Kier alpha value is -2.31. The number of aromatic nitrogens is 4. The van der Waals surface area contributed by atoms with Gasteiger partial charge in [0.05, 0.1) is 22.3 Å². The van der Waals surface area contributed by atoms with Crippen molar-refractivity contribution in [1.29, 1.82) is 0 Å². The Labute approximate surface area is 136 Å². The van der Waals surface area contributed by atoms with E-state index >= 15 is 0 Å². The molecule has 0 bridgehead atoms. The first kappa shape index (κ1) is 14.6. The molecule has 3 aromatic rings. The minimum absolute atomic E-state index is 0.183. The lowest BCUT2D eigenvalue weighted by Crippen LogP contribution is -2.18. The number of aromatic amines is 1. The van der Waals surface area contributed by atoms with Crippen LogP contribution in [0.15, 0.2) is 42.5 Å². The predicted molar refractivity (Wildman–Crippen MR) is 84.6 cm³/mol. The third-order valence-electron chi connectivity index (χ3n) is 3.05. The van der Waals surface area contributed by atoms with Crippen LogP contribution < -0.4 is 4.90 Å². The molecule has 0 saturated heterocycles. The van der Waals surface area contributed by atoms with E-state index in [1.807, 2.05) is 12.1 Å². The quantitative estimate of drug-likeness (QED) is 0.762. The second-order valence-electron chi connectivity index (χ2n) is 4.54. The van der Waals surface area contributed by atoms with Gasteiger partial charge in [0.1, 0.15) is 5.75 Å². The van der Waals surface area contributed by atoms with E-state index in [4.69, 9.17) is 23.2 Å². The van der Waals surface area contributed by atoms with Crippen molar-refractivity contribution in [3.63, 3.8) is 0 Å². The molecule has 0 atom stereocenters. The fourth-order valence-corrected chi connectivity index (χ4v) is 2.47. The molecule has 22 heavy (non-hydrogen) atoms. The van der Waals surface area contributed by atoms with Gasteiger partial charge in [-0.15, -0.1) is 5.10 Å². The summed E-state index contributed by atoms with van der Waals surface area (Å²) in [7, 11) is 0. The molecule has 6 nitrogen and oxygen atoms in total. The van der Waals surface area contributed by atoms with Crippen molar-refractivity contribution < 1.29 is 5.11 Å². The molecule has 2 aromatic carbocycles.